The first-order chi connectivity index (χ1) is 8.16. The second kappa shape index (κ2) is 5.19. The summed E-state index contributed by atoms with van der Waals surface area (Å²) >= 11 is 0. The summed E-state index contributed by atoms with van der Waals surface area (Å²) in [4.78, 5) is 11.2. The Morgan fingerprint density at radius 3 is 2.65 bits per heavy atom. The third-order valence-corrected chi connectivity index (χ3v) is 3.04. The molecule has 1 fully saturated rings. The van der Waals surface area contributed by atoms with Gasteiger partial charge in [0.15, 0.2) is 0 Å². The molecule has 0 aliphatic carbocycles. The number of rotatable bonds is 3. The molecule has 0 bridgehead atoms. The molecule has 1 aromatic rings. The zero-order chi connectivity index (χ0) is 12.3. The van der Waals surface area contributed by atoms with Crippen molar-refractivity contribution in [2.24, 2.45) is 0 Å². The summed E-state index contributed by atoms with van der Waals surface area (Å²) in [7, 11) is 0. The van der Waals surface area contributed by atoms with Crippen molar-refractivity contribution in [3.63, 3.8) is 0 Å². The zero-order valence-corrected chi connectivity index (χ0v) is 10.1. The summed E-state index contributed by atoms with van der Waals surface area (Å²) in [6.45, 7) is 3.86. The van der Waals surface area contributed by atoms with Gasteiger partial charge in [-0.15, -0.1) is 0 Å². The van der Waals surface area contributed by atoms with Crippen LogP contribution in [0.15, 0.2) is 18.2 Å². The number of nitrogens with zero attached hydrogens (tertiary/aromatic N) is 1. The van der Waals surface area contributed by atoms with Crippen LogP contribution in [0.5, 0.6) is 0 Å². The highest BCUT2D eigenvalue weighted by atomic mass is 16.4. The lowest BCUT2D eigenvalue weighted by Crippen LogP contribution is -2.35. The topological polar surface area (TPSA) is 52.6 Å². The number of aromatic carboxylic acids is 1. The number of anilines is 1. The Morgan fingerprint density at radius 2 is 2.00 bits per heavy atom. The van der Waals surface area contributed by atoms with Gasteiger partial charge in [-0.1, -0.05) is 18.1 Å². The Morgan fingerprint density at radius 1 is 1.29 bits per heavy atom. The highest BCUT2D eigenvalue weighted by Crippen LogP contribution is 2.19. The predicted octanol–water partition coefficient (Wildman–Crippen LogP) is 2.51. The summed E-state index contributed by atoms with van der Waals surface area (Å²) in [5.41, 5.74) is 5.20. The fourth-order valence-electron chi connectivity index (χ4n) is 2.11. The molecule has 0 amide bonds. The minimum atomic E-state index is -0.881. The van der Waals surface area contributed by atoms with E-state index < -0.39 is 5.97 Å². The normalized spacial score (nSPS) is 16.8. The maximum atomic E-state index is 11.2. The molecule has 0 saturated carbocycles. The zero-order valence-electron chi connectivity index (χ0n) is 10.1. The van der Waals surface area contributed by atoms with Crippen LogP contribution in [0, 0.1) is 6.92 Å². The molecule has 1 heterocycles. The summed E-state index contributed by atoms with van der Waals surface area (Å²) in [5.74, 6) is -0.881. The number of piperidine rings is 1. The lowest BCUT2D eigenvalue weighted by molar-refractivity contribution is 0.0697. The average molecular weight is 234 g/mol. The van der Waals surface area contributed by atoms with E-state index in [1.165, 1.54) is 19.3 Å². The van der Waals surface area contributed by atoms with Gasteiger partial charge in [0.05, 0.1) is 11.3 Å². The summed E-state index contributed by atoms with van der Waals surface area (Å²) in [6, 6.07) is 5.47. The van der Waals surface area contributed by atoms with Crippen molar-refractivity contribution in [1.29, 1.82) is 0 Å². The van der Waals surface area contributed by atoms with Crippen LogP contribution in [-0.4, -0.2) is 29.2 Å². The first-order valence-corrected chi connectivity index (χ1v) is 6.02. The molecule has 92 valence electrons. The van der Waals surface area contributed by atoms with Crippen LogP contribution in [0.2, 0.25) is 0 Å². The lowest BCUT2D eigenvalue weighted by atomic mass is 10.1. The lowest BCUT2D eigenvalue weighted by Gasteiger charge is -2.28. The standard InChI is InChI=1S/C13H18N2O2/c1-10-5-6-12(11(9-10)13(16)17)14-15-7-3-2-4-8-15/h5-6,9,14H,2-4,7-8H2,1H3,(H,16,17). The Bertz CT molecular complexity index is 412. The van der Waals surface area contributed by atoms with E-state index in [1.807, 2.05) is 19.1 Å². The molecular formula is C13H18N2O2. The van der Waals surface area contributed by atoms with E-state index in [-0.39, 0.29) is 0 Å². The highest BCUT2D eigenvalue weighted by molar-refractivity contribution is 5.94. The largest absolute Gasteiger partial charge is 0.478 e. The van der Waals surface area contributed by atoms with Crippen molar-refractivity contribution in [3.05, 3.63) is 29.3 Å². The van der Waals surface area contributed by atoms with Crippen LogP contribution in [-0.2, 0) is 0 Å². The number of benzene rings is 1. The van der Waals surface area contributed by atoms with Crippen LogP contribution in [0.4, 0.5) is 5.69 Å². The van der Waals surface area contributed by atoms with Gasteiger partial charge < -0.3 is 10.5 Å². The minimum absolute atomic E-state index is 0.343. The van der Waals surface area contributed by atoms with Crippen molar-refractivity contribution >= 4 is 11.7 Å². The van der Waals surface area contributed by atoms with Crippen LogP contribution >= 0.6 is 0 Å². The number of hydrogen-bond donors (Lipinski definition) is 2. The van der Waals surface area contributed by atoms with Crippen molar-refractivity contribution < 1.29 is 9.90 Å². The van der Waals surface area contributed by atoms with E-state index in [9.17, 15) is 4.79 Å². The van der Waals surface area contributed by atoms with Gasteiger partial charge in [-0.05, 0) is 31.9 Å². The quantitative estimate of drug-likeness (QED) is 0.843. The molecule has 0 unspecified atom stereocenters. The maximum absolute atomic E-state index is 11.2. The van der Waals surface area contributed by atoms with Gasteiger partial charge in [0, 0.05) is 13.1 Å². The fourth-order valence-corrected chi connectivity index (χ4v) is 2.11. The SMILES string of the molecule is Cc1ccc(NN2CCCCC2)c(C(=O)O)c1. The summed E-state index contributed by atoms with van der Waals surface area (Å²) < 4.78 is 0. The number of carbonyl (C=O) groups is 1. The number of carboxylic acids is 1. The molecule has 4 heteroatoms. The molecule has 4 nitrogen and oxygen atoms in total. The van der Waals surface area contributed by atoms with Gasteiger partial charge in [0.1, 0.15) is 0 Å². The van der Waals surface area contributed by atoms with E-state index in [4.69, 9.17) is 5.11 Å². The van der Waals surface area contributed by atoms with E-state index >= 15 is 0 Å². The van der Waals surface area contributed by atoms with Gasteiger partial charge in [-0.2, -0.15) is 0 Å². The van der Waals surface area contributed by atoms with Crippen molar-refractivity contribution in [3.8, 4) is 0 Å². The van der Waals surface area contributed by atoms with Gasteiger partial charge in [-0.25, -0.2) is 9.80 Å². The number of aryl methyl sites for hydroxylation is 1. The number of hydrogen-bond acceptors (Lipinski definition) is 3. The number of nitrogens with one attached hydrogen (secondary N) is 1. The second-order valence-corrected chi connectivity index (χ2v) is 4.51. The maximum Gasteiger partial charge on any atom is 0.337 e. The smallest absolute Gasteiger partial charge is 0.337 e. The molecule has 0 spiro atoms. The Balaban J connectivity index is 2.16. The third-order valence-electron chi connectivity index (χ3n) is 3.04. The Labute approximate surface area is 101 Å². The fraction of sp³-hybridized carbons (Fsp3) is 0.462. The summed E-state index contributed by atoms with van der Waals surface area (Å²) in [5, 5.41) is 11.3. The Kier molecular flexibility index (Phi) is 3.64. The molecule has 0 radical (unpaired) electrons. The van der Waals surface area contributed by atoms with Crippen LogP contribution in [0.1, 0.15) is 35.2 Å². The molecule has 1 aliphatic heterocycles. The van der Waals surface area contributed by atoms with Crippen LogP contribution in [0.3, 0.4) is 0 Å². The molecule has 2 rings (SSSR count). The van der Waals surface area contributed by atoms with Crippen molar-refractivity contribution in [1.82, 2.24) is 5.01 Å². The third kappa shape index (κ3) is 2.97. The van der Waals surface area contributed by atoms with Gasteiger partial charge in [0.25, 0.3) is 0 Å². The Hall–Kier alpha value is -1.55. The number of carboxylic acid groups (broad SMARTS) is 1. The second-order valence-electron chi connectivity index (χ2n) is 4.51. The van der Waals surface area contributed by atoms with Gasteiger partial charge >= 0.3 is 5.97 Å². The minimum Gasteiger partial charge on any atom is -0.478 e. The van der Waals surface area contributed by atoms with E-state index in [0.29, 0.717) is 11.3 Å². The van der Waals surface area contributed by atoms with E-state index in [0.717, 1.165) is 18.7 Å². The molecule has 1 aromatic carbocycles. The van der Waals surface area contributed by atoms with Crippen LogP contribution < -0.4 is 5.43 Å². The van der Waals surface area contributed by atoms with E-state index in [2.05, 4.69) is 10.4 Å². The molecule has 0 aromatic heterocycles. The van der Waals surface area contributed by atoms with Crippen molar-refractivity contribution in [2.75, 3.05) is 18.5 Å². The summed E-state index contributed by atoms with van der Waals surface area (Å²) in [6.07, 6.45) is 3.60. The molecule has 17 heavy (non-hydrogen) atoms. The van der Waals surface area contributed by atoms with Gasteiger partial charge in [-0.3, -0.25) is 0 Å². The first kappa shape index (κ1) is 11.9. The van der Waals surface area contributed by atoms with Gasteiger partial charge in [0.2, 0.25) is 0 Å². The predicted molar refractivity (Wildman–Crippen MR) is 67.2 cm³/mol. The van der Waals surface area contributed by atoms with E-state index in [1.54, 1.807) is 6.07 Å². The average Bonchev–Trinajstić information content (AvgIpc) is 2.32. The first-order valence-electron chi connectivity index (χ1n) is 6.02. The molecule has 0 atom stereocenters. The molecule has 1 aliphatic rings. The number of hydrazine groups is 1. The van der Waals surface area contributed by atoms with Crippen LogP contribution in [0.25, 0.3) is 0 Å². The molecule has 1 saturated heterocycles. The molecule has 2 N–H and O–H groups in total. The monoisotopic (exact) mass is 234 g/mol. The highest BCUT2D eigenvalue weighted by Gasteiger charge is 2.14. The van der Waals surface area contributed by atoms with Crippen molar-refractivity contribution in [2.45, 2.75) is 26.2 Å². The molecular weight excluding hydrogens is 216 g/mol.